The van der Waals surface area contributed by atoms with Crippen LogP contribution >= 0.6 is 0 Å². The number of pyridine rings is 1. The summed E-state index contributed by atoms with van der Waals surface area (Å²) >= 11 is 0. The van der Waals surface area contributed by atoms with Gasteiger partial charge in [0.2, 0.25) is 0 Å². The van der Waals surface area contributed by atoms with Gasteiger partial charge in [0.15, 0.2) is 23.3 Å². The van der Waals surface area contributed by atoms with Crippen LogP contribution in [0.5, 0.6) is 0 Å². The van der Waals surface area contributed by atoms with Gasteiger partial charge in [0.05, 0.1) is 18.8 Å². The van der Waals surface area contributed by atoms with Crippen LogP contribution in [-0.2, 0) is 4.74 Å². The van der Waals surface area contributed by atoms with E-state index < -0.39 is 48.4 Å². The van der Waals surface area contributed by atoms with E-state index in [-0.39, 0.29) is 17.7 Å². The van der Waals surface area contributed by atoms with E-state index in [0.29, 0.717) is 5.82 Å². The molecule has 2 aromatic carbocycles. The zero-order valence-corrected chi connectivity index (χ0v) is 19.6. The molecule has 0 bridgehead atoms. The lowest BCUT2D eigenvalue weighted by Gasteiger charge is -2.38. The van der Waals surface area contributed by atoms with Crippen LogP contribution in [0.25, 0.3) is 27.7 Å². The average Bonchev–Trinajstić information content (AvgIpc) is 3.62. The van der Waals surface area contributed by atoms with Crippen LogP contribution in [0.2, 0.25) is 0 Å². The summed E-state index contributed by atoms with van der Waals surface area (Å²) in [6, 6.07) is 8.56. The van der Waals surface area contributed by atoms with Crippen LogP contribution in [0.15, 0.2) is 61.3 Å². The first-order valence-electron chi connectivity index (χ1n) is 11.7. The normalized spacial score (nSPS) is 21.7. The summed E-state index contributed by atoms with van der Waals surface area (Å²) in [6.07, 6.45) is 3.67. The molecule has 10 nitrogen and oxygen atoms in total. The van der Waals surface area contributed by atoms with Gasteiger partial charge < -0.3 is 14.9 Å². The minimum absolute atomic E-state index is 0.0185. The molecule has 1 fully saturated rings. The maximum Gasteiger partial charge on any atom is 0.194 e. The summed E-state index contributed by atoms with van der Waals surface area (Å²) in [5.74, 6) is -3.86. The first-order chi connectivity index (χ1) is 18.4. The average molecular weight is 523 g/mol. The van der Waals surface area contributed by atoms with E-state index in [4.69, 9.17) is 4.74 Å². The van der Waals surface area contributed by atoms with E-state index in [1.807, 2.05) is 24.3 Å². The van der Waals surface area contributed by atoms with E-state index >= 15 is 0 Å². The Morgan fingerprint density at radius 3 is 2.63 bits per heavy atom. The minimum atomic E-state index is -1.58. The fourth-order valence-electron chi connectivity index (χ4n) is 4.69. The van der Waals surface area contributed by atoms with Crippen molar-refractivity contribution in [1.29, 1.82) is 0 Å². The summed E-state index contributed by atoms with van der Waals surface area (Å²) in [5.41, 5.74) is 0.822. The van der Waals surface area contributed by atoms with Gasteiger partial charge in [0, 0.05) is 35.5 Å². The number of halogens is 3. The third kappa shape index (κ3) is 4.20. The molecule has 1 saturated heterocycles. The lowest BCUT2D eigenvalue weighted by atomic mass is 9.95. The molecule has 38 heavy (non-hydrogen) atoms. The second kappa shape index (κ2) is 9.59. The molecule has 194 valence electrons. The third-order valence-corrected chi connectivity index (χ3v) is 6.64. The monoisotopic (exact) mass is 523 g/mol. The number of fused-ring (bicyclic) bond motifs is 1. The van der Waals surface area contributed by atoms with E-state index in [2.05, 4.69) is 25.5 Å². The van der Waals surface area contributed by atoms with E-state index in [9.17, 15) is 23.4 Å². The van der Waals surface area contributed by atoms with Gasteiger partial charge in [-0.2, -0.15) is 0 Å². The van der Waals surface area contributed by atoms with Gasteiger partial charge in [-0.25, -0.2) is 17.9 Å². The zero-order valence-electron chi connectivity index (χ0n) is 19.6. The predicted molar refractivity (Wildman–Crippen MR) is 126 cm³/mol. The van der Waals surface area contributed by atoms with Crippen LogP contribution in [0.1, 0.15) is 24.4 Å². The standard InChI is InChI=1S/C25H20F3N7O3/c26-17-6-14(7-18(27)23(17)28)19-10-35(33-31-19)20-8-21(38-22(11-36)24(20)37)25-32-30-12-34(25)16-2-1-13-3-4-29-9-15(13)5-16/h1-7,9-10,12,20-22,24,36-37H,8,11H2. The topological polar surface area (TPSA) is 124 Å². The van der Waals surface area contributed by atoms with Gasteiger partial charge in [0.25, 0.3) is 0 Å². The van der Waals surface area contributed by atoms with Gasteiger partial charge >= 0.3 is 0 Å². The van der Waals surface area contributed by atoms with Crippen LogP contribution in [0.3, 0.4) is 0 Å². The Balaban J connectivity index is 1.33. The second-order valence-electron chi connectivity index (χ2n) is 8.94. The second-order valence-corrected chi connectivity index (χ2v) is 8.94. The Labute approximate surface area is 213 Å². The van der Waals surface area contributed by atoms with Crippen LogP contribution in [0, 0.1) is 17.5 Å². The Morgan fingerprint density at radius 2 is 1.84 bits per heavy atom. The largest absolute Gasteiger partial charge is 0.394 e. The minimum Gasteiger partial charge on any atom is -0.394 e. The molecule has 0 spiro atoms. The maximum absolute atomic E-state index is 13.7. The zero-order chi connectivity index (χ0) is 26.4. The van der Waals surface area contributed by atoms with Gasteiger partial charge in [-0.15, -0.1) is 15.3 Å². The fraction of sp³-hybridized carbons (Fsp3) is 0.240. The summed E-state index contributed by atoms with van der Waals surface area (Å²) in [5, 5.41) is 39.0. The Kier molecular flexibility index (Phi) is 6.10. The molecule has 0 amide bonds. The predicted octanol–water partition coefficient (Wildman–Crippen LogP) is 2.92. The maximum atomic E-state index is 13.7. The molecule has 1 aliphatic rings. The highest BCUT2D eigenvalue weighted by atomic mass is 19.2. The van der Waals surface area contributed by atoms with E-state index in [0.717, 1.165) is 28.6 Å². The van der Waals surface area contributed by atoms with E-state index in [1.165, 1.54) is 17.2 Å². The van der Waals surface area contributed by atoms with Crippen LogP contribution in [0.4, 0.5) is 13.2 Å². The van der Waals surface area contributed by atoms with Gasteiger partial charge in [-0.3, -0.25) is 9.55 Å². The number of aromatic nitrogens is 7. The van der Waals surface area contributed by atoms with E-state index in [1.54, 1.807) is 17.0 Å². The molecule has 13 heteroatoms. The van der Waals surface area contributed by atoms with Crippen molar-refractivity contribution in [1.82, 2.24) is 34.7 Å². The highest BCUT2D eigenvalue weighted by molar-refractivity contribution is 5.83. The lowest BCUT2D eigenvalue weighted by Crippen LogP contribution is -2.45. The SMILES string of the molecule is OCC1OC(c2nncn2-c2ccc3ccncc3c2)CC(n2cc(-c3cc(F)c(F)c(F)c3)nn2)C1O. The summed E-state index contributed by atoms with van der Waals surface area (Å²) in [7, 11) is 0. The van der Waals surface area contributed by atoms with Crippen molar-refractivity contribution < 1.29 is 28.1 Å². The van der Waals surface area contributed by atoms with Crippen molar-refractivity contribution in [2.24, 2.45) is 0 Å². The quantitative estimate of drug-likeness (QED) is 0.337. The Bertz CT molecular complexity index is 1600. The van der Waals surface area contributed by atoms with Crippen molar-refractivity contribution >= 4 is 10.8 Å². The molecule has 6 rings (SSSR count). The van der Waals surface area contributed by atoms with Crippen molar-refractivity contribution in [3.05, 3.63) is 84.6 Å². The fourth-order valence-corrected chi connectivity index (χ4v) is 4.69. The number of hydrogen-bond acceptors (Lipinski definition) is 8. The summed E-state index contributed by atoms with van der Waals surface area (Å²) in [6.45, 7) is -0.486. The lowest BCUT2D eigenvalue weighted by molar-refractivity contribution is -0.161. The third-order valence-electron chi connectivity index (χ3n) is 6.64. The van der Waals surface area contributed by atoms with Crippen molar-refractivity contribution in [3.63, 3.8) is 0 Å². The molecular formula is C25H20F3N7O3. The first kappa shape index (κ1) is 24.2. The number of hydrogen-bond donors (Lipinski definition) is 2. The first-order valence-corrected chi connectivity index (χ1v) is 11.7. The number of rotatable bonds is 5. The Hall–Kier alpha value is -4.20. The molecule has 0 aliphatic carbocycles. The van der Waals surface area contributed by atoms with Gasteiger partial charge in [0.1, 0.15) is 30.3 Å². The molecule has 2 N–H and O–H groups in total. The number of benzene rings is 2. The Morgan fingerprint density at radius 1 is 1.03 bits per heavy atom. The van der Waals surface area contributed by atoms with Crippen LogP contribution < -0.4 is 0 Å². The number of nitrogens with zero attached hydrogens (tertiary/aromatic N) is 7. The number of aliphatic hydroxyl groups is 2. The molecule has 0 radical (unpaired) electrons. The molecule has 4 unspecified atom stereocenters. The van der Waals surface area contributed by atoms with Crippen molar-refractivity contribution in [2.75, 3.05) is 6.61 Å². The summed E-state index contributed by atoms with van der Waals surface area (Å²) in [4.78, 5) is 4.16. The molecule has 0 saturated carbocycles. The smallest absolute Gasteiger partial charge is 0.194 e. The molecule has 5 aromatic rings. The van der Waals surface area contributed by atoms with Gasteiger partial charge in [-0.1, -0.05) is 11.3 Å². The molecule has 4 heterocycles. The number of aliphatic hydroxyl groups excluding tert-OH is 2. The molecule has 4 atom stereocenters. The van der Waals surface area contributed by atoms with Crippen molar-refractivity contribution in [2.45, 2.75) is 30.8 Å². The molecule has 1 aliphatic heterocycles. The number of ether oxygens (including phenoxy) is 1. The molecule has 3 aromatic heterocycles. The summed E-state index contributed by atoms with van der Waals surface area (Å²) < 4.78 is 50.0. The van der Waals surface area contributed by atoms with Gasteiger partial charge in [-0.05, 0) is 35.7 Å². The highest BCUT2D eigenvalue weighted by Gasteiger charge is 2.41. The highest BCUT2D eigenvalue weighted by Crippen LogP contribution is 2.38. The van der Waals surface area contributed by atoms with Crippen LogP contribution in [-0.4, -0.2) is 63.8 Å². The van der Waals surface area contributed by atoms with Crippen molar-refractivity contribution in [3.8, 4) is 16.9 Å². The molecular weight excluding hydrogens is 503 g/mol.